The van der Waals surface area contributed by atoms with Crippen LogP contribution >= 0.6 is 0 Å². The lowest BCUT2D eigenvalue weighted by Crippen LogP contribution is -2.29. The van der Waals surface area contributed by atoms with Crippen molar-refractivity contribution < 1.29 is 29.4 Å². The van der Waals surface area contributed by atoms with Gasteiger partial charge < -0.3 is 20.8 Å². The Kier molecular flexibility index (Phi) is 6.07. The predicted octanol–water partition coefficient (Wildman–Crippen LogP) is 0.258. The number of aldehydes is 2. The molecule has 4 rings (SSSR count). The number of nitrogens with zero attached hydrogens (tertiary/aromatic N) is 2. The van der Waals surface area contributed by atoms with Crippen LogP contribution in [0.1, 0.15) is 20.7 Å². The van der Waals surface area contributed by atoms with Gasteiger partial charge in [-0.15, -0.1) is 0 Å². The van der Waals surface area contributed by atoms with Gasteiger partial charge in [0.25, 0.3) is 11.1 Å². The zero-order valence-electron chi connectivity index (χ0n) is 18.0. The molecule has 0 aliphatic rings. The number of carbonyl (C=O) groups is 4. The van der Waals surface area contributed by atoms with Crippen LogP contribution in [0, 0.1) is 0 Å². The summed E-state index contributed by atoms with van der Waals surface area (Å²) in [5.74, 6) is -3.12. The molecule has 0 aliphatic heterocycles. The molecule has 2 aromatic heterocycles. The van der Waals surface area contributed by atoms with E-state index in [1.54, 1.807) is 0 Å². The molecule has 0 spiro atoms. The highest BCUT2D eigenvalue weighted by atomic mass is 16.3. The third-order valence-electron chi connectivity index (χ3n) is 5.03. The first kappa shape index (κ1) is 23.5. The summed E-state index contributed by atoms with van der Waals surface area (Å²) in [5.41, 5.74) is -1.36. The fourth-order valence-electron chi connectivity index (χ4n) is 3.22. The molecule has 36 heavy (non-hydrogen) atoms. The van der Waals surface area contributed by atoms with Gasteiger partial charge in [0.1, 0.15) is 11.1 Å². The minimum Gasteiger partial charge on any atom is -0.493 e. The summed E-state index contributed by atoms with van der Waals surface area (Å²) in [7, 11) is 0. The first-order valence-corrected chi connectivity index (χ1v) is 10.0. The van der Waals surface area contributed by atoms with Crippen LogP contribution in [0.2, 0.25) is 0 Å². The van der Waals surface area contributed by atoms with E-state index in [2.05, 4.69) is 20.8 Å². The molecule has 0 bridgehead atoms. The largest absolute Gasteiger partial charge is 0.493 e. The van der Waals surface area contributed by atoms with Crippen molar-refractivity contribution in [2.75, 3.05) is 10.6 Å². The molecule has 0 atom stereocenters. The first-order valence-electron chi connectivity index (χ1n) is 10.0. The van der Waals surface area contributed by atoms with Gasteiger partial charge in [0, 0.05) is 11.4 Å². The molecule has 0 fully saturated rings. The summed E-state index contributed by atoms with van der Waals surface area (Å²) in [4.78, 5) is 69.5. The molecule has 0 saturated carbocycles. The van der Waals surface area contributed by atoms with Crippen LogP contribution in [0.25, 0.3) is 11.4 Å². The first-order chi connectivity index (χ1) is 17.2. The van der Waals surface area contributed by atoms with Gasteiger partial charge in [0.15, 0.2) is 12.6 Å². The molecule has 182 valence electrons. The standard InChI is InChI=1S/C22H16N6O8/c29-9-15-17(31)25-27(21(15)35)13-5-1-11(2-6-13)23-19(33)20(34)24-12-3-7-14(8-4-12)28-22(36)16(10-30)18(32)26-28/h1-10,35-36H,(H,23,33)(H,24,34)(H,25,31)(H,26,32). The minimum atomic E-state index is -0.990. The highest BCUT2D eigenvalue weighted by Crippen LogP contribution is 2.20. The van der Waals surface area contributed by atoms with E-state index >= 15 is 0 Å². The van der Waals surface area contributed by atoms with Crippen LogP contribution in [0.3, 0.4) is 0 Å². The maximum Gasteiger partial charge on any atom is 0.314 e. The minimum absolute atomic E-state index is 0.222. The number of hydrogen-bond donors (Lipinski definition) is 6. The zero-order chi connectivity index (χ0) is 26.0. The van der Waals surface area contributed by atoms with Crippen molar-refractivity contribution in [1.82, 2.24) is 19.6 Å². The van der Waals surface area contributed by atoms with Crippen molar-refractivity contribution in [3.8, 4) is 23.1 Å². The highest BCUT2D eigenvalue weighted by molar-refractivity contribution is 6.43. The van der Waals surface area contributed by atoms with Crippen molar-refractivity contribution in [2.24, 2.45) is 0 Å². The Hall–Kier alpha value is -5.66. The summed E-state index contributed by atoms with van der Waals surface area (Å²) < 4.78 is 1.97. The number of carbonyl (C=O) groups excluding carboxylic acids is 4. The van der Waals surface area contributed by atoms with Crippen LogP contribution in [0.5, 0.6) is 11.8 Å². The third-order valence-corrected chi connectivity index (χ3v) is 5.03. The van der Waals surface area contributed by atoms with Crippen molar-refractivity contribution in [3.05, 3.63) is 80.4 Å². The SMILES string of the molecule is O=Cc1c(O)n(-c2ccc(NC(=O)C(=O)Nc3ccc(-n4[nH]c(=O)c(C=O)c4O)cc3)cc2)[nH]c1=O. The Bertz CT molecular complexity index is 1480. The zero-order valence-corrected chi connectivity index (χ0v) is 18.0. The van der Waals surface area contributed by atoms with Gasteiger partial charge in [-0.1, -0.05) is 0 Å². The lowest BCUT2D eigenvalue weighted by atomic mass is 10.2. The van der Waals surface area contributed by atoms with Crippen LogP contribution < -0.4 is 21.8 Å². The van der Waals surface area contributed by atoms with Gasteiger partial charge in [-0.3, -0.25) is 39.0 Å². The Labute approximate surface area is 199 Å². The van der Waals surface area contributed by atoms with E-state index in [-0.39, 0.29) is 35.3 Å². The molecule has 0 aliphatic carbocycles. The van der Waals surface area contributed by atoms with Crippen LogP contribution in [0.4, 0.5) is 11.4 Å². The summed E-state index contributed by atoms with van der Waals surface area (Å²) in [6.07, 6.45) is 0.445. The number of aromatic hydroxyl groups is 2. The van der Waals surface area contributed by atoms with E-state index in [0.717, 1.165) is 9.36 Å². The van der Waals surface area contributed by atoms with Gasteiger partial charge in [0.05, 0.1) is 11.4 Å². The second kappa shape index (κ2) is 9.30. The smallest absolute Gasteiger partial charge is 0.314 e. The van der Waals surface area contributed by atoms with E-state index in [9.17, 15) is 39.0 Å². The molecule has 0 radical (unpaired) electrons. The number of benzene rings is 2. The number of aromatic nitrogens is 4. The van der Waals surface area contributed by atoms with Crippen LogP contribution in [-0.2, 0) is 9.59 Å². The van der Waals surface area contributed by atoms with E-state index in [4.69, 9.17) is 0 Å². The molecule has 0 unspecified atom stereocenters. The fraction of sp³-hybridized carbons (Fsp3) is 0. The van der Waals surface area contributed by atoms with Gasteiger partial charge in [-0.05, 0) is 48.5 Å². The molecule has 2 aromatic carbocycles. The molecular formula is C22H16N6O8. The topological polar surface area (TPSA) is 208 Å². The molecule has 4 aromatic rings. The average molecular weight is 492 g/mol. The van der Waals surface area contributed by atoms with E-state index < -0.39 is 45.8 Å². The van der Waals surface area contributed by atoms with E-state index in [1.165, 1.54) is 48.5 Å². The third kappa shape index (κ3) is 4.28. The average Bonchev–Trinajstić information content (AvgIpc) is 3.32. The Morgan fingerprint density at radius 2 is 1.00 bits per heavy atom. The van der Waals surface area contributed by atoms with Crippen molar-refractivity contribution in [2.45, 2.75) is 0 Å². The maximum atomic E-state index is 12.3. The summed E-state index contributed by atoms with van der Waals surface area (Å²) >= 11 is 0. The number of anilines is 2. The molecule has 2 amide bonds. The number of rotatable bonds is 6. The fourth-order valence-corrected chi connectivity index (χ4v) is 3.22. The Morgan fingerprint density at radius 3 is 1.28 bits per heavy atom. The van der Waals surface area contributed by atoms with Gasteiger partial charge in [-0.2, -0.15) is 0 Å². The highest BCUT2D eigenvalue weighted by Gasteiger charge is 2.17. The van der Waals surface area contributed by atoms with Gasteiger partial charge >= 0.3 is 11.8 Å². The Morgan fingerprint density at radius 1 is 0.667 bits per heavy atom. The molecular weight excluding hydrogens is 476 g/mol. The van der Waals surface area contributed by atoms with Crippen molar-refractivity contribution >= 4 is 35.8 Å². The number of aromatic amines is 2. The second-order valence-electron chi connectivity index (χ2n) is 7.26. The summed E-state index contributed by atoms with van der Waals surface area (Å²) in [5, 5.41) is 29.2. The number of nitrogens with one attached hydrogen (secondary N) is 4. The molecule has 6 N–H and O–H groups in total. The summed E-state index contributed by atoms with van der Waals surface area (Å²) in [6, 6.07) is 11.3. The predicted molar refractivity (Wildman–Crippen MR) is 124 cm³/mol. The summed E-state index contributed by atoms with van der Waals surface area (Å²) in [6.45, 7) is 0. The van der Waals surface area contributed by atoms with E-state index in [1.807, 2.05) is 0 Å². The number of hydrogen-bond acceptors (Lipinski definition) is 8. The number of H-pyrrole nitrogens is 2. The quantitative estimate of drug-likeness (QED) is 0.162. The van der Waals surface area contributed by atoms with Crippen LogP contribution in [-0.4, -0.2) is 54.2 Å². The Balaban J connectivity index is 1.41. The molecule has 14 nitrogen and oxygen atoms in total. The number of amides is 2. The van der Waals surface area contributed by atoms with Gasteiger partial charge in [0.2, 0.25) is 11.8 Å². The van der Waals surface area contributed by atoms with Crippen LogP contribution in [0.15, 0.2) is 58.1 Å². The van der Waals surface area contributed by atoms with Gasteiger partial charge in [-0.25, -0.2) is 9.36 Å². The van der Waals surface area contributed by atoms with E-state index in [0.29, 0.717) is 0 Å². The normalized spacial score (nSPS) is 10.6. The maximum absolute atomic E-state index is 12.3. The molecule has 14 heteroatoms. The molecule has 0 saturated heterocycles. The lowest BCUT2D eigenvalue weighted by Gasteiger charge is -2.09. The monoisotopic (exact) mass is 492 g/mol. The molecule has 2 heterocycles. The lowest BCUT2D eigenvalue weighted by molar-refractivity contribution is -0.132. The second-order valence-corrected chi connectivity index (χ2v) is 7.26. The van der Waals surface area contributed by atoms with Crippen molar-refractivity contribution in [1.29, 1.82) is 0 Å². The van der Waals surface area contributed by atoms with Crippen molar-refractivity contribution in [3.63, 3.8) is 0 Å².